The van der Waals surface area contributed by atoms with E-state index in [0.29, 0.717) is 6.04 Å². The molecule has 1 fully saturated rings. The molecule has 0 heterocycles. The number of benzene rings is 1. The number of nitrogens with one attached hydrogen (secondary N) is 1. The van der Waals surface area contributed by atoms with E-state index < -0.39 is 0 Å². The highest BCUT2D eigenvalue weighted by atomic mass is 79.9. The van der Waals surface area contributed by atoms with Crippen molar-refractivity contribution in [1.29, 1.82) is 0 Å². The molecule has 1 saturated carbocycles. The maximum absolute atomic E-state index is 3.45. The maximum atomic E-state index is 3.45. The number of halogens is 1. The molecule has 2 rings (SSSR count). The highest BCUT2D eigenvalue weighted by Gasteiger charge is 2.29. The van der Waals surface area contributed by atoms with E-state index in [1.54, 1.807) is 0 Å². The van der Waals surface area contributed by atoms with Crippen LogP contribution in [0.25, 0.3) is 0 Å². The summed E-state index contributed by atoms with van der Waals surface area (Å²) in [5.74, 6) is 0.920. The van der Waals surface area contributed by atoms with Crippen molar-refractivity contribution in [3.63, 3.8) is 0 Å². The molecular weight excluding hydrogens is 238 g/mol. The largest absolute Gasteiger partial charge is 0.316 e. The molecule has 1 aliphatic rings. The van der Waals surface area contributed by atoms with Gasteiger partial charge < -0.3 is 5.32 Å². The van der Waals surface area contributed by atoms with E-state index in [0.717, 1.165) is 16.8 Å². The Bertz CT molecular complexity index is 290. The third-order valence-electron chi connectivity index (χ3n) is 2.93. The molecule has 1 aliphatic carbocycles. The zero-order valence-corrected chi connectivity index (χ0v) is 10.0. The van der Waals surface area contributed by atoms with Crippen molar-refractivity contribution in [2.45, 2.75) is 25.3 Å². The van der Waals surface area contributed by atoms with Crippen molar-refractivity contribution >= 4 is 15.9 Å². The van der Waals surface area contributed by atoms with Gasteiger partial charge in [0.15, 0.2) is 0 Å². The van der Waals surface area contributed by atoms with E-state index in [2.05, 4.69) is 52.6 Å². The Labute approximate surface area is 94.0 Å². The molecule has 76 valence electrons. The van der Waals surface area contributed by atoms with E-state index in [-0.39, 0.29) is 0 Å². The SMILES string of the molecule is CNC(Cc1ccc(Br)cc1)C1CC1. The van der Waals surface area contributed by atoms with Gasteiger partial charge in [-0.3, -0.25) is 0 Å². The summed E-state index contributed by atoms with van der Waals surface area (Å²) in [4.78, 5) is 0. The second kappa shape index (κ2) is 4.45. The highest BCUT2D eigenvalue weighted by Crippen LogP contribution is 2.33. The van der Waals surface area contributed by atoms with Crippen LogP contribution >= 0.6 is 15.9 Å². The highest BCUT2D eigenvalue weighted by molar-refractivity contribution is 9.10. The van der Waals surface area contributed by atoms with Gasteiger partial charge in [-0.2, -0.15) is 0 Å². The molecular formula is C12H16BrN. The molecule has 0 amide bonds. The van der Waals surface area contributed by atoms with Crippen molar-refractivity contribution in [3.8, 4) is 0 Å². The molecule has 1 aromatic carbocycles. The summed E-state index contributed by atoms with van der Waals surface area (Å²) in [7, 11) is 2.07. The van der Waals surface area contributed by atoms with Gasteiger partial charge >= 0.3 is 0 Å². The number of hydrogen-bond acceptors (Lipinski definition) is 1. The lowest BCUT2D eigenvalue weighted by Gasteiger charge is -2.15. The molecule has 0 aromatic heterocycles. The minimum atomic E-state index is 0.677. The quantitative estimate of drug-likeness (QED) is 0.871. The fourth-order valence-corrected chi connectivity index (χ4v) is 2.14. The lowest BCUT2D eigenvalue weighted by molar-refractivity contribution is 0.500. The fourth-order valence-electron chi connectivity index (χ4n) is 1.88. The van der Waals surface area contributed by atoms with Crippen molar-refractivity contribution in [1.82, 2.24) is 5.32 Å². The Balaban J connectivity index is 1.98. The van der Waals surface area contributed by atoms with Gasteiger partial charge in [0.1, 0.15) is 0 Å². The second-order valence-electron chi connectivity index (χ2n) is 4.06. The first kappa shape index (κ1) is 10.2. The van der Waals surface area contributed by atoms with Crippen LogP contribution in [-0.4, -0.2) is 13.1 Å². The standard InChI is InChI=1S/C12H16BrN/c1-14-12(10-4-5-10)8-9-2-6-11(13)7-3-9/h2-3,6-7,10,12,14H,4-5,8H2,1H3. The summed E-state index contributed by atoms with van der Waals surface area (Å²) in [6.45, 7) is 0. The van der Waals surface area contributed by atoms with E-state index in [1.165, 1.54) is 18.4 Å². The first-order chi connectivity index (χ1) is 6.79. The molecule has 2 heteroatoms. The molecule has 0 radical (unpaired) electrons. The van der Waals surface area contributed by atoms with Gasteiger partial charge in [0.2, 0.25) is 0 Å². The van der Waals surface area contributed by atoms with Crippen LogP contribution in [0.4, 0.5) is 0 Å². The third-order valence-corrected chi connectivity index (χ3v) is 3.46. The van der Waals surface area contributed by atoms with Crippen LogP contribution in [0.15, 0.2) is 28.7 Å². The number of rotatable bonds is 4. The Morgan fingerprint density at radius 1 is 1.36 bits per heavy atom. The van der Waals surface area contributed by atoms with Gasteiger partial charge in [-0.15, -0.1) is 0 Å². The predicted molar refractivity (Wildman–Crippen MR) is 63.4 cm³/mol. The first-order valence-electron chi connectivity index (χ1n) is 5.21. The van der Waals surface area contributed by atoms with Crippen LogP contribution in [0.5, 0.6) is 0 Å². The Morgan fingerprint density at radius 2 is 2.00 bits per heavy atom. The van der Waals surface area contributed by atoms with Crippen LogP contribution in [0.2, 0.25) is 0 Å². The molecule has 1 aromatic rings. The summed E-state index contributed by atoms with van der Waals surface area (Å²) in [6.07, 6.45) is 3.97. The van der Waals surface area contributed by atoms with E-state index in [4.69, 9.17) is 0 Å². The minimum absolute atomic E-state index is 0.677. The van der Waals surface area contributed by atoms with Crippen LogP contribution in [0.1, 0.15) is 18.4 Å². The second-order valence-corrected chi connectivity index (χ2v) is 4.98. The lowest BCUT2D eigenvalue weighted by Crippen LogP contribution is -2.29. The zero-order valence-electron chi connectivity index (χ0n) is 8.46. The molecule has 0 bridgehead atoms. The number of hydrogen-bond donors (Lipinski definition) is 1. The molecule has 1 unspecified atom stereocenters. The summed E-state index contributed by atoms with van der Waals surface area (Å²) in [5, 5.41) is 3.42. The van der Waals surface area contributed by atoms with Crippen molar-refractivity contribution < 1.29 is 0 Å². The van der Waals surface area contributed by atoms with Crippen LogP contribution in [-0.2, 0) is 6.42 Å². The van der Waals surface area contributed by atoms with Gasteiger partial charge in [0.05, 0.1) is 0 Å². The lowest BCUT2D eigenvalue weighted by atomic mass is 10.0. The number of likely N-dealkylation sites (N-methyl/N-ethyl adjacent to an activating group) is 1. The van der Waals surface area contributed by atoms with Gasteiger partial charge in [0, 0.05) is 10.5 Å². The Hall–Kier alpha value is -0.340. The molecule has 0 spiro atoms. The van der Waals surface area contributed by atoms with E-state index >= 15 is 0 Å². The molecule has 1 nitrogen and oxygen atoms in total. The van der Waals surface area contributed by atoms with E-state index in [1.807, 2.05) is 0 Å². The average molecular weight is 254 g/mol. The van der Waals surface area contributed by atoms with Gasteiger partial charge in [0.25, 0.3) is 0 Å². The van der Waals surface area contributed by atoms with E-state index in [9.17, 15) is 0 Å². The predicted octanol–water partition coefficient (Wildman–Crippen LogP) is 2.99. The minimum Gasteiger partial charge on any atom is -0.316 e. The van der Waals surface area contributed by atoms with Crippen molar-refractivity contribution in [2.75, 3.05) is 7.05 Å². The molecule has 14 heavy (non-hydrogen) atoms. The Morgan fingerprint density at radius 3 is 2.50 bits per heavy atom. The van der Waals surface area contributed by atoms with Crippen molar-refractivity contribution in [3.05, 3.63) is 34.3 Å². The zero-order chi connectivity index (χ0) is 9.97. The smallest absolute Gasteiger partial charge is 0.0175 e. The van der Waals surface area contributed by atoms with Crippen LogP contribution in [0.3, 0.4) is 0 Å². The van der Waals surface area contributed by atoms with Gasteiger partial charge in [-0.1, -0.05) is 28.1 Å². The summed E-state index contributed by atoms with van der Waals surface area (Å²) in [6, 6.07) is 9.33. The normalized spacial score (nSPS) is 18.1. The van der Waals surface area contributed by atoms with Gasteiger partial charge in [-0.25, -0.2) is 0 Å². The molecule has 1 N–H and O–H groups in total. The fraction of sp³-hybridized carbons (Fsp3) is 0.500. The third kappa shape index (κ3) is 2.58. The molecule has 0 aliphatic heterocycles. The molecule has 1 atom stereocenters. The summed E-state index contributed by atoms with van der Waals surface area (Å²) < 4.78 is 1.16. The van der Waals surface area contributed by atoms with Gasteiger partial charge in [-0.05, 0) is 49.9 Å². The topological polar surface area (TPSA) is 12.0 Å². The first-order valence-corrected chi connectivity index (χ1v) is 6.00. The van der Waals surface area contributed by atoms with Crippen molar-refractivity contribution in [2.24, 2.45) is 5.92 Å². The monoisotopic (exact) mass is 253 g/mol. The maximum Gasteiger partial charge on any atom is 0.0175 e. The average Bonchev–Trinajstić information content (AvgIpc) is 3.01. The summed E-state index contributed by atoms with van der Waals surface area (Å²) >= 11 is 3.45. The van der Waals surface area contributed by atoms with Crippen LogP contribution < -0.4 is 5.32 Å². The summed E-state index contributed by atoms with van der Waals surface area (Å²) in [5.41, 5.74) is 1.43. The molecule has 0 saturated heterocycles. The Kier molecular flexibility index (Phi) is 3.24. The van der Waals surface area contributed by atoms with Crippen LogP contribution in [0, 0.1) is 5.92 Å².